The van der Waals surface area contributed by atoms with Crippen molar-refractivity contribution in [3.05, 3.63) is 11.6 Å². The van der Waals surface area contributed by atoms with Crippen LogP contribution in [0.15, 0.2) is 16.6 Å². The van der Waals surface area contributed by atoms with Crippen molar-refractivity contribution in [2.24, 2.45) is 4.99 Å². The van der Waals surface area contributed by atoms with Crippen LogP contribution in [-0.4, -0.2) is 35.0 Å². The van der Waals surface area contributed by atoms with Crippen molar-refractivity contribution in [3.8, 4) is 0 Å². The van der Waals surface area contributed by atoms with Gasteiger partial charge in [0.1, 0.15) is 0 Å². The Morgan fingerprint density at radius 1 is 1.32 bits per heavy atom. The molecular weight excluding hydrogens is 234 g/mol. The number of aliphatic imine (C=N–C) groups is 1. The molecule has 3 aliphatic rings. The van der Waals surface area contributed by atoms with E-state index in [0.717, 1.165) is 12.1 Å². The van der Waals surface area contributed by atoms with Gasteiger partial charge in [0.2, 0.25) is 0 Å². The second kappa shape index (κ2) is 5.18. The van der Waals surface area contributed by atoms with Crippen LogP contribution in [0.3, 0.4) is 0 Å². The molecule has 2 saturated heterocycles. The molecule has 3 aliphatic heterocycles. The summed E-state index contributed by atoms with van der Waals surface area (Å²) in [5.41, 5.74) is 1.43. The van der Waals surface area contributed by atoms with Crippen LogP contribution in [0.2, 0.25) is 0 Å². The lowest BCUT2D eigenvalue weighted by Crippen LogP contribution is -2.59. The normalized spacial score (nSPS) is 36.4. The standard InChI is InChI=1S/C16H27N3/c1-11(2)5-4-6-13-10-15-8-7-14-9-12(3)17-16(18-13)19(14)15/h5,12-15H,4,6-10H2,1-3H3,(H,17,18)/t12-,13+,14+,15-/m0/s1. The van der Waals surface area contributed by atoms with Crippen molar-refractivity contribution in [3.63, 3.8) is 0 Å². The molecule has 3 rings (SSSR count). The maximum atomic E-state index is 4.99. The third-order valence-corrected chi connectivity index (χ3v) is 4.77. The zero-order chi connectivity index (χ0) is 13.4. The minimum Gasteiger partial charge on any atom is -0.354 e. The predicted octanol–water partition coefficient (Wildman–Crippen LogP) is 3.08. The number of nitrogens with zero attached hydrogens (tertiary/aromatic N) is 2. The highest BCUT2D eigenvalue weighted by molar-refractivity contribution is 5.83. The smallest absolute Gasteiger partial charge is 0.194 e. The summed E-state index contributed by atoms with van der Waals surface area (Å²) in [6.07, 6.45) is 10.0. The Balaban J connectivity index is 1.69. The van der Waals surface area contributed by atoms with Crippen LogP contribution in [0.5, 0.6) is 0 Å². The quantitative estimate of drug-likeness (QED) is 0.791. The van der Waals surface area contributed by atoms with Gasteiger partial charge in [0.25, 0.3) is 0 Å². The van der Waals surface area contributed by atoms with Crippen molar-refractivity contribution >= 4 is 5.96 Å². The molecule has 0 unspecified atom stereocenters. The van der Waals surface area contributed by atoms with E-state index in [1.165, 1.54) is 50.1 Å². The molecule has 0 radical (unpaired) electrons. The number of nitrogens with one attached hydrogen (secondary N) is 1. The molecule has 3 nitrogen and oxygen atoms in total. The van der Waals surface area contributed by atoms with E-state index in [1.807, 2.05) is 0 Å². The SMILES string of the molecule is CC(C)=CCC[C@@H]1C[C@@H]2CC[C@@H]3C[C@H](C)NC(=N1)N32. The van der Waals surface area contributed by atoms with Crippen LogP contribution in [0.4, 0.5) is 0 Å². The minimum atomic E-state index is 0.531. The molecule has 0 saturated carbocycles. The van der Waals surface area contributed by atoms with E-state index in [4.69, 9.17) is 4.99 Å². The zero-order valence-electron chi connectivity index (χ0n) is 12.5. The summed E-state index contributed by atoms with van der Waals surface area (Å²) < 4.78 is 0. The first-order valence-corrected chi connectivity index (χ1v) is 7.89. The molecule has 0 aromatic carbocycles. The minimum absolute atomic E-state index is 0.531. The number of hydrogen-bond acceptors (Lipinski definition) is 3. The topological polar surface area (TPSA) is 27.6 Å². The molecule has 3 heteroatoms. The molecule has 0 aromatic rings. The lowest BCUT2D eigenvalue weighted by molar-refractivity contribution is 0.210. The molecule has 1 N–H and O–H groups in total. The van der Waals surface area contributed by atoms with E-state index in [0.29, 0.717) is 12.1 Å². The molecular formula is C16H27N3. The molecule has 19 heavy (non-hydrogen) atoms. The highest BCUT2D eigenvalue weighted by atomic mass is 15.4. The fourth-order valence-electron chi connectivity index (χ4n) is 3.92. The summed E-state index contributed by atoms with van der Waals surface area (Å²) in [5.74, 6) is 1.21. The zero-order valence-corrected chi connectivity index (χ0v) is 12.5. The van der Waals surface area contributed by atoms with E-state index in [2.05, 4.69) is 37.1 Å². The number of hydrogen-bond donors (Lipinski definition) is 1. The number of guanidine groups is 1. The van der Waals surface area contributed by atoms with Gasteiger partial charge in [-0.15, -0.1) is 0 Å². The van der Waals surface area contributed by atoms with Crippen LogP contribution in [-0.2, 0) is 0 Å². The predicted molar refractivity (Wildman–Crippen MR) is 80.4 cm³/mol. The van der Waals surface area contributed by atoms with Crippen LogP contribution >= 0.6 is 0 Å². The second-order valence-electron chi connectivity index (χ2n) is 6.77. The Kier molecular flexibility index (Phi) is 3.55. The van der Waals surface area contributed by atoms with Crippen molar-refractivity contribution in [2.45, 2.75) is 83.5 Å². The van der Waals surface area contributed by atoms with Crippen LogP contribution in [0.1, 0.15) is 59.3 Å². The molecule has 0 aromatic heterocycles. The first kappa shape index (κ1) is 13.0. The van der Waals surface area contributed by atoms with E-state index >= 15 is 0 Å². The van der Waals surface area contributed by atoms with Gasteiger partial charge in [0, 0.05) is 18.1 Å². The van der Waals surface area contributed by atoms with Crippen LogP contribution in [0, 0.1) is 0 Å². The summed E-state index contributed by atoms with van der Waals surface area (Å²) in [5, 5.41) is 3.61. The van der Waals surface area contributed by atoms with Gasteiger partial charge in [-0.1, -0.05) is 11.6 Å². The fraction of sp³-hybridized carbons (Fsp3) is 0.812. The van der Waals surface area contributed by atoms with Gasteiger partial charge in [-0.25, -0.2) is 4.99 Å². The summed E-state index contributed by atoms with van der Waals surface area (Å²) in [7, 11) is 0. The molecule has 4 atom stereocenters. The molecule has 0 bridgehead atoms. The van der Waals surface area contributed by atoms with Crippen molar-refractivity contribution < 1.29 is 0 Å². The molecule has 106 valence electrons. The molecule has 0 amide bonds. The highest BCUT2D eigenvalue weighted by Gasteiger charge is 2.43. The van der Waals surface area contributed by atoms with Crippen molar-refractivity contribution in [2.75, 3.05) is 0 Å². The average Bonchev–Trinajstić information content (AvgIpc) is 2.72. The van der Waals surface area contributed by atoms with Gasteiger partial charge in [-0.3, -0.25) is 0 Å². The van der Waals surface area contributed by atoms with Crippen molar-refractivity contribution in [1.29, 1.82) is 0 Å². The molecule has 0 aliphatic carbocycles. The highest BCUT2D eigenvalue weighted by Crippen LogP contribution is 2.36. The lowest BCUT2D eigenvalue weighted by atomic mass is 9.99. The Bertz CT molecular complexity index is 395. The molecule has 0 spiro atoms. The Labute approximate surface area is 117 Å². The van der Waals surface area contributed by atoms with Crippen LogP contribution in [0.25, 0.3) is 0 Å². The van der Waals surface area contributed by atoms with Gasteiger partial charge >= 0.3 is 0 Å². The van der Waals surface area contributed by atoms with E-state index in [-0.39, 0.29) is 0 Å². The Morgan fingerprint density at radius 3 is 2.79 bits per heavy atom. The number of allylic oxidation sites excluding steroid dienone is 2. The largest absolute Gasteiger partial charge is 0.354 e. The van der Waals surface area contributed by atoms with Gasteiger partial charge in [0.15, 0.2) is 5.96 Å². The van der Waals surface area contributed by atoms with Gasteiger partial charge < -0.3 is 10.2 Å². The Morgan fingerprint density at radius 2 is 2.05 bits per heavy atom. The first-order valence-electron chi connectivity index (χ1n) is 7.89. The maximum absolute atomic E-state index is 4.99. The number of rotatable bonds is 3. The third kappa shape index (κ3) is 2.65. The average molecular weight is 261 g/mol. The van der Waals surface area contributed by atoms with E-state index in [1.54, 1.807) is 0 Å². The van der Waals surface area contributed by atoms with Gasteiger partial charge in [-0.2, -0.15) is 0 Å². The van der Waals surface area contributed by atoms with E-state index < -0.39 is 0 Å². The summed E-state index contributed by atoms with van der Waals surface area (Å²) in [6, 6.07) is 2.65. The summed E-state index contributed by atoms with van der Waals surface area (Å²) in [4.78, 5) is 7.59. The second-order valence-corrected chi connectivity index (χ2v) is 6.77. The summed E-state index contributed by atoms with van der Waals surface area (Å²) >= 11 is 0. The van der Waals surface area contributed by atoms with Gasteiger partial charge in [0.05, 0.1) is 6.04 Å². The molecule has 2 fully saturated rings. The lowest BCUT2D eigenvalue weighted by Gasteiger charge is -2.44. The maximum Gasteiger partial charge on any atom is 0.194 e. The third-order valence-electron chi connectivity index (χ3n) is 4.77. The van der Waals surface area contributed by atoms with Gasteiger partial charge in [-0.05, 0) is 59.3 Å². The van der Waals surface area contributed by atoms with E-state index in [9.17, 15) is 0 Å². The molecule has 3 heterocycles. The summed E-state index contributed by atoms with van der Waals surface area (Å²) in [6.45, 7) is 6.65. The Hall–Kier alpha value is -0.990. The monoisotopic (exact) mass is 261 g/mol. The fourth-order valence-corrected chi connectivity index (χ4v) is 3.92. The van der Waals surface area contributed by atoms with Crippen molar-refractivity contribution in [1.82, 2.24) is 10.2 Å². The van der Waals surface area contributed by atoms with Crippen LogP contribution < -0.4 is 5.32 Å². The first-order chi connectivity index (χ1) is 9.13.